The highest BCUT2D eigenvalue weighted by molar-refractivity contribution is 8.19. The molecule has 56 valence electrons. The molecule has 0 spiro atoms. The molecule has 0 heterocycles. The van der Waals surface area contributed by atoms with E-state index in [1.54, 1.807) is 0 Å². The van der Waals surface area contributed by atoms with Crippen LogP contribution < -0.4 is 0 Å². The van der Waals surface area contributed by atoms with E-state index in [9.17, 15) is 0 Å². The van der Waals surface area contributed by atoms with Crippen molar-refractivity contribution in [2.45, 2.75) is 25.5 Å². The Bertz CT molecular complexity index is 59.0. The Morgan fingerprint density at radius 2 is 2.22 bits per heavy atom. The number of rotatable bonds is 5. The van der Waals surface area contributed by atoms with Crippen molar-refractivity contribution in [3.8, 4) is 0 Å². The van der Waals surface area contributed by atoms with Crippen LogP contribution in [0, 0.1) is 0 Å². The highest BCUT2D eigenvalue weighted by Gasteiger charge is 1.97. The van der Waals surface area contributed by atoms with Crippen LogP contribution in [-0.2, 0) is 0 Å². The van der Waals surface area contributed by atoms with E-state index in [0.717, 1.165) is 5.25 Å². The highest BCUT2D eigenvalue weighted by Crippen LogP contribution is 2.14. The second-order valence-corrected chi connectivity index (χ2v) is 6.48. The smallest absolute Gasteiger partial charge is 0.0694 e. The predicted molar refractivity (Wildman–Crippen MR) is 54.6 cm³/mol. The van der Waals surface area contributed by atoms with E-state index in [1.807, 2.05) is 0 Å². The molecular weight excluding hydrogens is 164 g/mol. The SMILES string of the molecule is CCSC(C)CCS[SiH3]. The molecule has 0 saturated carbocycles. The van der Waals surface area contributed by atoms with E-state index in [4.69, 9.17) is 0 Å². The largest absolute Gasteiger partial charge is 0.198 e. The molecule has 0 amide bonds. The van der Waals surface area contributed by atoms with E-state index in [-0.39, 0.29) is 0 Å². The van der Waals surface area contributed by atoms with Crippen molar-refractivity contribution in [2.24, 2.45) is 0 Å². The summed E-state index contributed by atoms with van der Waals surface area (Å²) in [4.78, 5) is 0. The van der Waals surface area contributed by atoms with Gasteiger partial charge in [-0.25, -0.2) is 0 Å². The van der Waals surface area contributed by atoms with Crippen LogP contribution in [0.3, 0.4) is 0 Å². The standard InChI is InChI=1S/C6H16S2Si/c1-3-7-6(2)4-5-8-9/h6H,3-5H2,1-2,9H3. The third-order valence-corrected chi connectivity index (χ3v) is 4.19. The molecule has 0 nitrogen and oxygen atoms in total. The van der Waals surface area contributed by atoms with Crippen molar-refractivity contribution in [1.82, 2.24) is 0 Å². The molecule has 0 aromatic heterocycles. The van der Waals surface area contributed by atoms with Crippen LogP contribution >= 0.6 is 23.0 Å². The fourth-order valence-electron chi connectivity index (χ4n) is 0.652. The first-order valence-electron chi connectivity index (χ1n) is 3.41. The molecule has 0 aromatic rings. The minimum Gasteiger partial charge on any atom is -0.198 e. The summed E-state index contributed by atoms with van der Waals surface area (Å²) in [6, 6.07) is 0. The number of hydrogen-bond donors (Lipinski definition) is 0. The Morgan fingerprint density at radius 3 is 2.67 bits per heavy atom. The lowest BCUT2D eigenvalue weighted by Crippen LogP contribution is -1.97. The van der Waals surface area contributed by atoms with Crippen LogP contribution in [0.5, 0.6) is 0 Å². The van der Waals surface area contributed by atoms with E-state index >= 15 is 0 Å². The normalized spacial score (nSPS) is 14.0. The lowest BCUT2D eigenvalue weighted by Gasteiger charge is -2.06. The lowest BCUT2D eigenvalue weighted by molar-refractivity contribution is 0.919. The summed E-state index contributed by atoms with van der Waals surface area (Å²) in [6.45, 7) is 4.56. The maximum atomic E-state index is 2.33. The summed E-state index contributed by atoms with van der Waals surface area (Å²) < 4.78 is 0. The molecule has 0 bridgehead atoms. The molecule has 0 aliphatic heterocycles. The first-order valence-corrected chi connectivity index (χ1v) is 8.31. The summed E-state index contributed by atoms with van der Waals surface area (Å²) in [7, 11) is 1.31. The molecule has 0 aliphatic rings. The maximum absolute atomic E-state index is 2.33. The quantitative estimate of drug-likeness (QED) is 0.589. The number of thioether (sulfide) groups is 1. The number of hydrogen-bond acceptors (Lipinski definition) is 2. The molecule has 0 fully saturated rings. The Hall–Kier alpha value is 0.917. The molecule has 3 heteroatoms. The molecule has 0 radical (unpaired) electrons. The minimum absolute atomic E-state index is 0.886. The van der Waals surface area contributed by atoms with Gasteiger partial charge in [0.2, 0.25) is 0 Å². The first kappa shape index (κ1) is 9.92. The van der Waals surface area contributed by atoms with Gasteiger partial charge in [0.15, 0.2) is 0 Å². The average Bonchev–Trinajstić information content (AvgIpc) is 1.85. The molecule has 1 unspecified atom stereocenters. The van der Waals surface area contributed by atoms with E-state index in [0.29, 0.717) is 0 Å². The van der Waals surface area contributed by atoms with E-state index < -0.39 is 0 Å². The van der Waals surface area contributed by atoms with Crippen molar-refractivity contribution < 1.29 is 0 Å². The summed E-state index contributed by atoms with van der Waals surface area (Å²) in [5.74, 6) is 2.65. The van der Waals surface area contributed by atoms with Crippen molar-refractivity contribution in [3.05, 3.63) is 0 Å². The third kappa shape index (κ3) is 6.81. The molecule has 0 rings (SSSR count). The molecule has 0 aliphatic carbocycles. The van der Waals surface area contributed by atoms with Gasteiger partial charge in [-0.1, -0.05) is 13.8 Å². The van der Waals surface area contributed by atoms with Crippen molar-refractivity contribution in [2.75, 3.05) is 11.5 Å². The second-order valence-electron chi connectivity index (χ2n) is 2.05. The Kier molecular flexibility index (Phi) is 7.75. The summed E-state index contributed by atoms with van der Waals surface area (Å²) in [5.41, 5.74) is 0. The van der Waals surface area contributed by atoms with Gasteiger partial charge >= 0.3 is 0 Å². The van der Waals surface area contributed by atoms with Gasteiger partial charge in [-0.15, -0.1) is 0 Å². The Labute approximate surface area is 69.6 Å². The van der Waals surface area contributed by atoms with Gasteiger partial charge in [-0.05, 0) is 17.9 Å². The Balaban J connectivity index is 2.95. The van der Waals surface area contributed by atoms with E-state index in [2.05, 4.69) is 36.8 Å². The van der Waals surface area contributed by atoms with Crippen LogP contribution in [-0.4, -0.2) is 26.1 Å². The maximum Gasteiger partial charge on any atom is 0.0694 e. The van der Waals surface area contributed by atoms with Crippen molar-refractivity contribution >= 4 is 32.4 Å². The Morgan fingerprint density at radius 1 is 1.56 bits per heavy atom. The van der Waals surface area contributed by atoms with Gasteiger partial charge < -0.3 is 0 Å². The zero-order valence-electron chi connectivity index (χ0n) is 6.52. The topological polar surface area (TPSA) is 0 Å². The van der Waals surface area contributed by atoms with E-state index in [1.165, 1.54) is 27.3 Å². The molecule has 0 N–H and O–H groups in total. The first-order chi connectivity index (χ1) is 4.31. The summed E-state index contributed by atoms with van der Waals surface area (Å²) in [6.07, 6.45) is 1.40. The van der Waals surface area contributed by atoms with Gasteiger partial charge in [0.05, 0.1) is 9.39 Å². The van der Waals surface area contributed by atoms with Crippen molar-refractivity contribution in [3.63, 3.8) is 0 Å². The van der Waals surface area contributed by atoms with Crippen LogP contribution in [0.25, 0.3) is 0 Å². The third-order valence-electron chi connectivity index (χ3n) is 1.18. The molecule has 0 aromatic carbocycles. The van der Waals surface area contributed by atoms with Crippen LogP contribution in [0.15, 0.2) is 0 Å². The van der Waals surface area contributed by atoms with Crippen LogP contribution in [0.2, 0.25) is 0 Å². The highest BCUT2D eigenvalue weighted by atomic mass is 32.4. The van der Waals surface area contributed by atoms with Gasteiger partial charge in [-0.2, -0.15) is 23.0 Å². The molecule has 9 heavy (non-hydrogen) atoms. The molecule has 0 saturated heterocycles. The molecule has 1 atom stereocenters. The lowest BCUT2D eigenvalue weighted by atomic mass is 10.4. The monoisotopic (exact) mass is 180 g/mol. The van der Waals surface area contributed by atoms with Crippen LogP contribution in [0.1, 0.15) is 20.3 Å². The van der Waals surface area contributed by atoms with Gasteiger partial charge in [0, 0.05) is 5.25 Å². The average molecular weight is 180 g/mol. The minimum atomic E-state index is 0.886. The summed E-state index contributed by atoms with van der Waals surface area (Å²) >= 11 is 4.15. The second kappa shape index (κ2) is 7.03. The summed E-state index contributed by atoms with van der Waals surface area (Å²) in [5, 5.41) is 0.886. The van der Waals surface area contributed by atoms with Gasteiger partial charge in [0.1, 0.15) is 0 Å². The zero-order chi connectivity index (χ0) is 7.11. The fourth-order valence-corrected chi connectivity index (χ4v) is 2.95. The molecular formula is C6H16S2Si. The van der Waals surface area contributed by atoms with Crippen LogP contribution in [0.4, 0.5) is 0 Å². The van der Waals surface area contributed by atoms with Gasteiger partial charge in [0.25, 0.3) is 0 Å². The predicted octanol–water partition coefficient (Wildman–Crippen LogP) is 1.53. The fraction of sp³-hybridized carbons (Fsp3) is 1.00. The van der Waals surface area contributed by atoms with Crippen molar-refractivity contribution in [1.29, 1.82) is 0 Å². The zero-order valence-corrected chi connectivity index (χ0v) is 10.1. The van der Waals surface area contributed by atoms with Gasteiger partial charge in [-0.3, -0.25) is 0 Å².